The molecule has 0 saturated heterocycles. The first kappa shape index (κ1) is 10.7. The van der Waals surface area contributed by atoms with Gasteiger partial charge in [-0.25, -0.2) is 4.39 Å². The van der Waals surface area contributed by atoms with Gasteiger partial charge in [-0.1, -0.05) is 24.4 Å². The Labute approximate surface area is 94.6 Å². The standard InChI is InChI=1S/C12H15ClFN/c13-11-7-10(14)5-6-12(11)15-8-9-3-1-2-4-9/h5-7,9,15H,1-4,8H2. The lowest BCUT2D eigenvalue weighted by atomic mass is 10.1. The van der Waals surface area contributed by atoms with E-state index in [9.17, 15) is 4.39 Å². The second-order valence-corrected chi connectivity index (χ2v) is 4.56. The molecule has 0 unspecified atom stereocenters. The molecule has 0 bridgehead atoms. The van der Waals surface area contributed by atoms with Crippen LogP contribution in [0.15, 0.2) is 18.2 Å². The number of halogens is 2. The Morgan fingerprint density at radius 3 is 2.73 bits per heavy atom. The molecule has 0 aliphatic heterocycles. The molecule has 3 heteroatoms. The molecule has 0 radical (unpaired) electrons. The molecular formula is C12H15ClFN. The first-order chi connectivity index (χ1) is 7.25. The summed E-state index contributed by atoms with van der Waals surface area (Å²) in [6.07, 6.45) is 5.27. The van der Waals surface area contributed by atoms with E-state index in [4.69, 9.17) is 11.6 Å². The third-order valence-electron chi connectivity index (χ3n) is 2.99. The average molecular weight is 228 g/mol. The quantitative estimate of drug-likeness (QED) is 0.821. The van der Waals surface area contributed by atoms with Crippen LogP contribution in [-0.4, -0.2) is 6.54 Å². The smallest absolute Gasteiger partial charge is 0.124 e. The lowest BCUT2D eigenvalue weighted by Gasteiger charge is -2.12. The second-order valence-electron chi connectivity index (χ2n) is 4.16. The van der Waals surface area contributed by atoms with Crippen molar-refractivity contribution in [2.75, 3.05) is 11.9 Å². The molecule has 1 saturated carbocycles. The number of nitrogens with one attached hydrogen (secondary N) is 1. The molecule has 1 fully saturated rings. The summed E-state index contributed by atoms with van der Waals surface area (Å²) in [5, 5.41) is 3.75. The molecule has 0 heterocycles. The van der Waals surface area contributed by atoms with Crippen LogP contribution in [0.4, 0.5) is 10.1 Å². The van der Waals surface area contributed by atoms with Crippen LogP contribution < -0.4 is 5.32 Å². The molecule has 1 aliphatic carbocycles. The molecule has 1 aliphatic rings. The van der Waals surface area contributed by atoms with Crippen LogP contribution in [0.3, 0.4) is 0 Å². The van der Waals surface area contributed by atoms with Crippen molar-refractivity contribution in [3.63, 3.8) is 0 Å². The minimum atomic E-state index is -0.286. The minimum Gasteiger partial charge on any atom is -0.384 e. The van der Waals surface area contributed by atoms with E-state index in [1.807, 2.05) is 0 Å². The molecule has 0 atom stereocenters. The summed E-state index contributed by atoms with van der Waals surface area (Å²) in [5.74, 6) is 0.470. The SMILES string of the molecule is Fc1ccc(NCC2CCCC2)c(Cl)c1. The van der Waals surface area contributed by atoms with Crippen molar-refractivity contribution in [3.8, 4) is 0 Å². The highest BCUT2D eigenvalue weighted by atomic mass is 35.5. The van der Waals surface area contributed by atoms with Gasteiger partial charge in [0.2, 0.25) is 0 Å². The molecule has 15 heavy (non-hydrogen) atoms. The first-order valence-corrected chi connectivity index (χ1v) is 5.82. The van der Waals surface area contributed by atoms with Crippen LogP contribution in [-0.2, 0) is 0 Å². The molecule has 0 amide bonds. The van der Waals surface area contributed by atoms with Crippen molar-refractivity contribution >= 4 is 17.3 Å². The lowest BCUT2D eigenvalue weighted by Crippen LogP contribution is -2.11. The van der Waals surface area contributed by atoms with E-state index in [0.29, 0.717) is 5.02 Å². The average Bonchev–Trinajstić information content (AvgIpc) is 2.69. The first-order valence-electron chi connectivity index (χ1n) is 5.44. The van der Waals surface area contributed by atoms with Gasteiger partial charge in [-0.2, -0.15) is 0 Å². The predicted molar refractivity (Wildman–Crippen MR) is 61.9 cm³/mol. The Morgan fingerprint density at radius 1 is 1.33 bits per heavy atom. The van der Waals surface area contributed by atoms with Gasteiger partial charge in [0.05, 0.1) is 10.7 Å². The maximum absolute atomic E-state index is 12.8. The van der Waals surface area contributed by atoms with Gasteiger partial charge in [-0.15, -0.1) is 0 Å². The summed E-state index contributed by atoms with van der Waals surface area (Å²) in [6, 6.07) is 4.48. The highest BCUT2D eigenvalue weighted by Gasteiger charge is 2.14. The molecule has 1 nitrogen and oxygen atoms in total. The minimum absolute atomic E-state index is 0.286. The van der Waals surface area contributed by atoms with Crippen molar-refractivity contribution in [1.29, 1.82) is 0 Å². The van der Waals surface area contributed by atoms with Crippen molar-refractivity contribution < 1.29 is 4.39 Å². The van der Waals surface area contributed by atoms with Gasteiger partial charge < -0.3 is 5.32 Å². The second kappa shape index (κ2) is 4.84. The normalized spacial score (nSPS) is 16.9. The molecule has 2 rings (SSSR count). The number of benzene rings is 1. The van der Waals surface area contributed by atoms with Crippen LogP contribution >= 0.6 is 11.6 Å². The molecule has 82 valence electrons. The highest BCUT2D eigenvalue weighted by molar-refractivity contribution is 6.33. The molecule has 0 aromatic heterocycles. The van der Waals surface area contributed by atoms with Crippen LogP contribution in [0.25, 0.3) is 0 Å². The molecular weight excluding hydrogens is 213 g/mol. The van der Waals surface area contributed by atoms with Crippen molar-refractivity contribution in [2.24, 2.45) is 5.92 Å². The number of anilines is 1. The zero-order valence-electron chi connectivity index (χ0n) is 8.60. The fourth-order valence-electron chi connectivity index (χ4n) is 2.10. The Morgan fingerprint density at radius 2 is 2.07 bits per heavy atom. The largest absolute Gasteiger partial charge is 0.384 e. The Kier molecular flexibility index (Phi) is 3.47. The highest BCUT2D eigenvalue weighted by Crippen LogP contribution is 2.27. The van der Waals surface area contributed by atoms with E-state index >= 15 is 0 Å². The zero-order chi connectivity index (χ0) is 10.7. The topological polar surface area (TPSA) is 12.0 Å². The van der Waals surface area contributed by atoms with E-state index in [2.05, 4.69) is 5.32 Å². The third-order valence-corrected chi connectivity index (χ3v) is 3.30. The van der Waals surface area contributed by atoms with Crippen LogP contribution in [0.5, 0.6) is 0 Å². The Hall–Kier alpha value is -0.760. The molecule has 1 N–H and O–H groups in total. The van der Waals surface area contributed by atoms with Gasteiger partial charge in [-0.05, 0) is 37.0 Å². The van der Waals surface area contributed by atoms with Crippen molar-refractivity contribution in [2.45, 2.75) is 25.7 Å². The van der Waals surface area contributed by atoms with E-state index in [1.165, 1.54) is 37.8 Å². The Bertz CT molecular complexity index is 334. The zero-order valence-corrected chi connectivity index (χ0v) is 9.36. The molecule has 0 spiro atoms. The number of hydrogen-bond donors (Lipinski definition) is 1. The summed E-state index contributed by atoms with van der Waals surface area (Å²) in [6.45, 7) is 0.950. The van der Waals surface area contributed by atoms with Crippen molar-refractivity contribution in [3.05, 3.63) is 29.0 Å². The monoisotopic (exact) mass is 227 g/mol. The van der Waals surface area contributed by atoms with Crippen LogP contribution in [0.2, 0.25) is 5.02 Å². The lowest BCUT2D eigenvalue weighted by molar-refractivity contribution is 0.579. The fourth-order valence-corrected chi connectivity index (χ4v) is 2.34. The van der Waals surface area contributed by atoms with Crippen LogP contribution in [0.1, 0.15) is 25.7 Å². The summed E-state index contributed by atoms with van der Waals surface area (Å²) >= 11 is 5.91. The van der Waals surface area contributed by atoms with E-state index in [-0.39, 0.29) is 5.82 Å². The Balaban J connectivity index is 1.92. The van der Waals surface area contributed by atoms with Gasteiger partial charge in [-0.3, -0.25) is 0 Å². The van der Waals surface area contributed by atoms with Crippen LogP contribution in [0, 0.1) is 11.7 Å². The maximum atomic E-state index is 12.8. The number of hydrogen-bond acceptors (Lipinski definition) is 1. The van der Waals surface area contributed by atoms with E-state index in [1.54, 1.807) is 6.07 Å². The van der Waals surface area contributed by atoms with E-state index in [0.717, 1.165) is 18.2 Å². The fraction of sp³-hybridized carbons (Fsp3) is 0.500. The predicted octanol–water partition coefficient (Wildman–Crippen LogP) is 4.08. The van der Waals surface area contributed by atoms with Crippen molar-refractivity contribution in [1.82, 2.24) is 0 Å². The summed E-state index contributed by atoms with van der Waals surface area (Å²) in [5.41, 5.74) is 0.838. The van der Waals surface area contributed by atoms with Gasteiger partial charge >= 0.3 is 0 Å². The van der Waals surface area contributed by atoms with E-state index < -0.39 is 0 Å². The summed E-state index contributed by atoms with van der Waals surface area (Å²) in [7, 11) is 0. The summed E-state index contributed by atoms with van der Waals surface area (Å²) < 4.78 is 12.8. The van der Waals surface area contributed by atoms with Gasteiger partial charge in [0.1, 0.15) is 5.82 Å². The molecule has 1 aromatic rings. The van der Waals surface area contributed by atoms with Gasteiger partial charge in [0, 0.05) is 6.54 Å². The summed E-state index contributed by atoms with van der Waals surface area (Å²) in [4.78, 5) is 0. The number of rotatable bonds is 3. The van der Waals surface area contributed by atoms with Gasteiger partial charge in [0.15, 0.2) is 0 Å². The van der Waals surface area contributed by atoms with Gasteiger partial charge in [0.25, 0.3) is 0 Å². The maximum Gasteiger partial charge on any atom is 0.124 e. The third kappa shape index (κ3) is 2.85. The molecule has 1 aromatic carbocycles.